The molecule has 0 saturated heterocycles. The normalized spacial score (nSPS) is 9.41. The van der Waals surface area contributed by atoms with Crippen LogP contribution in [0.25, 0.3) is 0 Å². The standard InChI is InChI=1S/C10H7ClN6/c11-8-15-9(13-6-12)17-10(16-8)14-7-4-2-1-3-5-7/h1-5H,(H2,13,14,15,16,17). The van der Waals surface area contributed by atoms with E-state index in [4.69, 9.17) is 16.9 Å². The van der Waals surface area contributed by atoms with Gasteiger partial charge in [0.1, 0.15) is 0 Å². The average molecular weight is 247 g/mol. The summed E-state index contributed by atoms with van der Waals surface area (Å²) in [6, 6.07) is 9.36. The Morgan fingerprint density at radius 2 is 1.76 bits per heavy atom. The molecule has 0 unspecified atom stereocenters. The van der Waals surface area contributed by atoms with Gasteiger partial charge in [0.15, 0.2) is 6.19 Å². The molecule has 7 heteroatoms. The van der Waals surface area contributed by atoms with Crippen LogP contribution >= 0.6 is 11.6 Å². The molecule has 0 aliphatic heterocycles. The third-order valence-electron chi connectivity index (χ3n) is 1.81. The highest BCUT2D eigenvalue weighted by Crippen LogP contribution is 2.14. The zero-order valence-corrected chi connectivity index (χ0v) is 9.31. The molecule has 17 heavy (non-hydrogen) atoms. The van der Waals surface area contributed by atoms with Crippen molar-refractivity contribution < 1.29 is 0 Å². The summed E-state index contributed by atoms with van der Waals surface area (Å²) in [5.41, 5.74) is 0.817. The lowest BCUT2D eigenvalue weighted by Gasteiger charge is -2.05. The van der Waals surface area contributed by atoms with Crippen molar-refractivity contribution in [2.75, 3.05) is 10.6 Å². The Morgan fingerprint density at radius 3 is 2.47 bits per heavy atom. The number of hydrogen-bond acceptors (Lipinski definition) is 6. The second-order valence-corrected chi connectivity index (χ2v) is 3.32. The van der Waals surface area contributed by atoms with Gasteiger partial charge in [-0.25, -0.2) is 0 Å². The minimum absolute atomic E-state index is 0.0104. The summed E-state index contributed by atoms with van der Waals surface area (Å²) in [7, 11) is 0. The third-order valence-corrected chi connectivity index (χ3v) is 1.97. The Morgan fingerprint density at radius 1 is 1.06 bits per heavy atom. The summed E-state index contributed by atoms with van der Waals surface area (Å²) in [6.07, 6.45) is 1.71. The lowest BCUT2D eigenvalue weighted by Crippen LogP contribution is -2.03. The highest BCUT2D eigenvalue weighted by atomic mass is 35.5. The van der Waals surface area contributed by atoms with Gasteiger partial charge in [0.2, 0.25) is 17.2 Å². The first kappa shape index (κ1) is 11.1. The number of nitrogens with one attached hydrogen (secondary N) is 2. The molecule has 84 valence electrons. The van der Waals surface area contributed by atoms with Crippen LogP contribution in [-0.4, -0.2) is 15.0 Å². The fraction of sp³-hybridized carbons (Fsp3) is 0. The van der Waals surface area contributed by atoms with Gasteiger partial charge >= 0.3 is 0 Å². The lowest BCUT2D eigenvalue weighted by molar-refractivity contribution is 1.06. The first-order chi connectivity index (χ1) is 8.28. The van der Waals surface area contributed by atoms with Crippen LogP contribution in [0.1, 0.15) is 0 Å². The number of para-hydroxylation sites is 1. The molecule has 6 nitrogen and oxygen atoms in total. The predicted molar refractivity (Wildman–Crippen MR) is 63.8 cm³/mol. The van der Waals surface area contributed by atoms with Gasteiger partial charge in [0.05, 0.1) is 0 Å². The first-order valence-electron chi connectivity index (χ1n) is 4.66. The molecular formula is C10H7ClN6. The highest BCUT2D eigenvalue weighted by molar-refractivity contribution is 6.28. The van der Waals surface area contributed by atoms with Crippen molar-refractivity contribution in [3.05, 3.63) is 35.6 Å². The van der Waals surface area contributed by atoms with Crippen LogP contribution in [0.5, 0.6) is 0 Å². The Bertz CT molecular complexity index is 550. The quantitative estimate of drug-likeness (QED) is 0.638. The van der Waals surface area contributed by atoms with Crippen LogP contribution in [0.3, 0.4) is 0 Å². The molecule has 0 aliphatic rings. The maximum atomic E-state index is 8.47. The van der Waals surface area contributed by atoms with E-state index in [9.17, 15) is 0 Å². The molecule has 0 fully saturated rings. The van der Waals surface area contributed by atoms with Gasteiger partial charge in [-0.05, 0) is 23.7 Å². The van der Waals surface area contributed by atoms with Crippen molar-refractivity contribution in [1.29, 1.82) is 5.26 Å². The second kappa shape index (κ2) is 5.09. The van der Waals surface area contributed by atoms with E-state index in [2.05, 4.69) is 25.6 Å². The van der Waals surface area contributed by atoms with E-state index in [1.807, 2.05) is 30.3 Å². The summed E-state index contributed by atoms with van der Waals surface area (Å²) in [5.74, 6) is 0.375. The van der Waals surface area contributed by atoms with Crippen molar-refractivity contribution in [3.8, 4) is 6.19 Å². The molecule has 1 aromatic carbocycles. The monoisotopic (exact) mass is 246 g/mol. The van der Waals surface area contributed by atoms with E-state index in [-0.39, 0.29) is 17.2 Å². The molecule has 1 aromatic heterocycles. The molecule has 0 aliphatic carbocycles. The predicted octanol–water partition coefficient (Wildman–Crippen LogP) is 2.16. The van der Waals surface area contributed by atoms with E-state index >= 15 is 0 Å². The molecule has 0 spiro atoms. The molecule has 0 radical (unpaired) electrons. The van der Waals surface area contributed by atoms with Crippen molar-refractivity contribution in [2.45, 2.75) is 0 Å². The molecular weight excluding hydrogens is 240 g/mol. The number of rotatable bonds is 3. The smallest absolute Gasteiger partial charge is 0.242 e. The topological polar surface area (TPSA) is 86.5 Å². The minimum Gasteiger partial charge on any atom is -0.324 e. The van der Waals surface area contributed by atoms with Gasteiger partial charge in [-0.1, -0.05) is 18.2 Å². The first-order valence-corrected chi connectivity index (χ1v) is 5.04. The summed E-state index contributed by atoms with van der Waals surface area (Å²) >= 11 is 5.70. The fourth-order valence-electron chi connectivity index (χ4n) is 1.16. The van der Waals surface area contributed by atoms with Crippen LogP contribution in [0.15, 0.2) is 30.3 Å². The van der Waals surface area contributed by atoms with Crippen LogP contribution < -0.4 is 10.6 Å². The number of nitrogens with zero attached hydrogens (tertiary/aromatic N) is 4. The van der Waals surface area contributed by atoms with Gasteiger partial charge in [-0.3, -0.25) is 5.32 Å². The number of aromatic nitrogens is 3. The lowest BCUT2D eigenvalue weighted by atomic mass is 10.3. The Hall–Kier alpha value is -2.39. The number of benzene rings is 1. The van der Waals surface area contributed by atoms with E-state index in [0.717, 1.165) is 5.69 Å². The SMILES string of the molecule is N#CNc1nc(Cl)nc(Nc2ccccc2)n1. The fourth-order valence-corrected chi connectivity index (χ4v) is 1.32. The molecule has 0 bridgehead atoms. The molecule has 0 amide bonds. The minimum atomic E-state index is 0.0104. The van der Waals surface area contributed by atoms with Crippen molar-refractivity contribution in [2.24, 2.45) is 0 Å². The van der Waals surface area contributed by atoms with Crippen LogP contribution in [0, 0.1) is 11.5 Å². The summed E-state index contributed by atoms with van der Waals surface area (Å²) < 4.78 is 0. The summed E-state index contributed by atoms with van der Waals surface area (Å²) in [5, 5.41) is 13.7. The van der Waals surface area contributed by atoms with Gasteiger partial charge in [-0.15, -0.1) is 0 Å². The molecule has 0 atom stereocenters. The van der Waals surface area contributed by atoms with Crippen molar-refractivity contribution in [1.82, 2.24) is 15.0 Å². The van der Waals surface area contributed by atoms with E-state index < -0.39 is 0 Å². The maximum Gasteiger partial charge on any atom is 0.242 e. The van der Waals surface area contributed by atoms with Crippen LogP contribution in [-0.2, 0) is 0 Å². The van der Waals surface area contributed by atoms with Crippen LogP contribution in [0.2, 0.25) is 5.28 Å². The van der Waals surface area contributed by atoms with Gasteiger partial charge in [0.25, 0.3) is 0 Å². The molecule has 0 saturated carbocycles. The summed E-state index contributed by atoms with van der Waals surface area (Å²) in [6.45, 7) is 0. The average Bonchev–Trinajstić information content (AvgIpc) is 2.30. The third kappa shape index (κ3) is 3.03. The van der Waals surface area contributed by atoms with E-state index in [0.29, 0.717) is 0 Å². The van der Waals surface area contributed by atoms with E-state index in [1.165, 1.54) is 0 Å². The highest BCUT2D eigenvalue weighted by Gasteiger charge is 2.04. The Kier molecular flexibility index (Phi) is 3.33. The van der Waals surface area contributed by atoms with E-state index in [1.54, 1.807) is 6.19 Å². The Labute approximate surface area is 102 Å². The number of halogens is 1. The number of hydrogen-bond donors (Lipinski definition) is 2. The van der Waals surface area contributed by atoms with Gasteiger partial charge < -0.3 is 5.32 Å². The number of anilines is 3. The van der Waals surface area contributed by atoms with Crippen molar-refractivity contribution >= 4 is 29.2 Å². The maximum absolute atomic E-state index is 8.47. The van der Waals surface area contributed by atoms with Crippen molar-refractivity contribution in [3.63, 3.8) is 0 Å². The zero-order valence-electron chi connectivity index (χ0n) is 8.55. The van der Waals surface area contributed by atoms with Gasteiger partial charge in [-0.2, -0.15) is 20.2 Å². The molecule has 2 N–H and O–H groups in total. The molecule has 2 aromatic rings. The largest absolute Gasteiger partial charge is 0.324 e. The van der Waals surface area contributed by atoms with Crippen LogP contribution in [0.4, 0.5) is 17.6 Å². The number of nitriles is 1. The molecule has 2 rings (SSSR count). The Balaban J connectivity index is 2.24. The summed E-state index contributed by atoms with van der Waals surface area (Å²) in [4.78, 5) is 11.6. The second-order valence-electron chi connectivity index (χ2n) is 2.98. The zero-order chi connectivity index (χ0) is 12.1. The molecule has 1 heterocycles. The van der Waals surface area contributed by atoms with Gasteiger partial charge in [0, 0.05) is 5.69 Å².